The molecule has 0 aliphatic carbocycles. The van der Waals surface area contributed by atoms with Gasteiger partial charge in [0, 0.05) is 11.6 Å². The normalized spacial score (nSPS) is 9.69. The molecule has 3 nitrogen and oxygen atoms in total. The van der Waals surface area contributed by atoms with E-state index in [9.17, 15) is 4.91 Å². The Morgan fingerprint density at radius 2 is 2.00 bits per heavy atom. The summed E-state index contributed by atoms with van der Waals surface area (Å²) in [6, 6.07) is 7.04. The van der Waals surface area contributed by atoms with Crippen LogP contribution in [-0.4, -0.2) is 6.54 Å². The summed E-state index contributed by atoms with van der Waals surface area (Å²) in [6.07, 6.45) is 0.883. The summed E-state index contributed by atoms with van der Waals surface area (Å²) < 4.78 is 0. The lowest BCUT2D eigenvalue weighted by Gasteiger charge is -2.13. The summed E-state index contributed by atoms with van der Waals surface area (Å²) in [5.41, 5.74) is 0.779. The van der Waals surface area contributed by atoms with Gasteiger partial charge in [-0.3, -0.25) is 0 Å². The molecule has 0 radical (unpaired) electrons. The van der Waals surface area contributed by atoms with Crippen molar-refractivity contribution in [2.75, 3.05) is 11.6 Å². The Bertz CT molecular complexity index is 273. The third-order valence-corrected chi connectivity index (χ3v) is 1.91. The van der Waals surface area contributed by atoms with Gasteiger partial charge in [0.05, 0.1) is 11.0 Å². The molecular formula is C9H11ClN2O. The van der Waals surface area contributed by atoms with Crippen LogP contribution in [0, 0.1) is 4.91 Å². The summed E-state index contributed by atoms with van der Waals surface area (Å²) >= 11 is 5.71. The Labute approximate surface area is 82.3 Å². The monoisotopic (exact) mass is 198 g/mol. The molecule has 0 aliphatic rings. The Kier molecular flexibility index (Phi) is 3.71. The average Bonchev–Trinajstić information content (AvgIpc) is 2.16. The highest BCUT2D eigenvalue weighted by Crippen LogP contribution is 2.18. The quantitative estimate of drug-likeness (QED) is 0.550. The summed E-state index contributed by atoms with van der Waals surface area (Å²) in [5.74, 6) is 0. The van der Waals surface area contributed by atoms with Crippen LogP contribution in [0.3, 0.4) is 0 Å². The number of halogens is 1. The largest absolute Gasteiger partial charge is 0.229 e. The predicted molar refractivity (Wildman–Crippen MR) is 54.9 cm³/mol. The molecule has 0 amide bonds. The van der Waals surface area contributed by atoms with Crippen molar-refractivity contribution in [1.29, 1.82) is 0 Å². The first-order valence-electron chi connectivity index (χ1n) is 4.14. The van der Waals surface area contributed by atoms with Crippen LogP contribution < -0.4 is 5.01 Å². The predicted octanol–water partition coefficient (Wildman–Crippen LogP) is 3.24. The van der Waals surface area contributed by atoms with Gasteiger partial charge in [-0.15, -0.1) is 4.91 Å². The van der Waals surface area contributed by atoms with Gasteiger partial charge in [0.2, 0.25) is 0 Å². The molecule has 0 spiro atoms. The third-order valence-electron chi connectivity index (χ3n) is 1.66. The minimum atomic E-state index is 0.630. The molecule has 0 atom stereocenters. The molecule has 0 aromatic heterocycles. The van der Waals surface area contributed by atoms with Crippen LogP contribution in [0.25, 0.3) is 0 Å². The molecule has 4 heteroatoms. The molecule has 13 heavy (non-hydrogen) atoms. The number of rotatable bonds is 4. The molecule has 1 aromatic rings. The molecule has 70 valence electrons. The van der Waals surface area contributed by atoms with E-state index in [-0.39, 0.29) is 0 Å². The molecule has 0 heterocycles. The fraction of sp³-hybridized carbons (Fsp3) is 0.333. The van der Waals surface area contributed by atoms with E-state index in [0.717, 1.165) is 12.1 Å². The third kappa shape index (κ3) is 2.70. The first-order valence-corrected chi connectivity index (χ1v) is 4.52. The lowest BCUT2D eigenvalue weighted by molar-refractivity contribution is 0.801. The van der Waals surface area contributed by atoms with Crippen molar-refractivity contribution in [1.82, 2.24) is 0 Å². The van der Waals surface area contributed by atoms with E-state index in [1.165, 1.54) is 5.01 Å². The van der Waals surface area contributed by atoms with Gasteiger partial charge >= 0.3 is 0 Å². The molecule has 0 fully saturated rings. The summed E-state index contributed by atoms with van der Waals surface area (Å²) in [7, 11) is 0. The van der Waals surface area contributed by atoms with E-state index < -0.39 is 0 Å². The Hall–Kier alpha value is -1.09. The van der Waals surface area contributed by atoms with Gasteiger partial charge in [-0.1, -0.05) is 18.5 Å². The standard InChI is InChI=1S/C9H11ClN2O/c1-2-7-12(11-13)9-5-3-8(10)4-6-9/h3-6H,2,7H2,1H3. The molecular weight excluding hydrogens is 188 g/mol. The highest BCUT2D eigenvalue weighted by Gasteiger charge is 2.03. The maximum absolute atomic E-state index is 10.4. The van der Waals surface area contributed by atoms with Crippen molar-refractivity contribution in [3.8, 4) is 0 Å². The number of anilines is 1. The van der Waals surface area contributed by atoms with Crippen LogP contribution in [0.2, 0.25) is 5.02 Å². The maximum Gasteiger partial charge on any atom is 0.0627 e. The van der Waals surface area contributed by atoms with E-state index in [1.54, 1.807) is 24.3 Å². The first-order chi connectivity index (χ1) is 6.27. The van der Waals surface area contributed by atoms with Crippen LogP contribution >= 0.6 is 11.6 Å². The lowest BCUT2D eigenvalue weighted by atomic mass is 10.3. The number of hydrogen-bond acceptors (Lipinski definition) is 2. The van der Waals surface area contributed by atoms with Gasteiger partial charge in [-0.2, -0.15) is 0 Å². The van der Waals surface area contributed by atoms with Crippen molar-refractivity contribution in [3.05, 3.63) is 34.2 Å². The van der Waals surface area contributed by atoms with Gasteiger partial charge in [-0.05, 0) is 30.7 Å². The topological polar surface area (TPSA) is 32.7 Å². The summed E-state index contributed by atoms with van der Waals surface area (Å²) in [5, 5.41) is 4.99. The highest BCUT2D eigenvalue weighted by molar-refractivity contribution is 6.30. The Morgan fingerprint density at radius 3 is 2.46 bits per heavy atom. The van der Waals surface area contributed by atoms with Crippen molar-refractivity contribution in [3.63, 3.8) is 0 Å². The molecule has 0 bridgehead atoms. The van der Waals surface area contributed by atoms with E-state index in [1.807, 2.05) is 6.92 Å². The van der Waals surface area contributed by atoms with Gasteiger partial charge in [0.25, 0.3) is 0 Å². The number of benzene rings is 1. The minimum absolute atomic E-state index is 0.630. The SMILES string of the molecule is CCCN(N=O)c1ccc(Cl)cc1. The zero-order valence-corrected chi connectivity index (χ0v) is 8.16. The van der Waals surface area contributed by atoms with Crippen molar-refractivity contribution in [2.24, 2.45) is 5.29 Å². The molecule has 0 unspecified atom stereocenters. The fourth-order valence-corrected chi connectivity index (χ4v) is 1.17. The molecule has 0 saturated heterocycles. The van der Waals surface area contributed by atoms with Crippen LogP contribution in [0.1, 0.15) is 13.3 Å². The van der Waals surface area contributed by atoms with Gasteiger partial charge in [-0.25, -0.2) is 5.01 Å². The summed E-state index contributed by atoms with van der Waals surface area (Å²) in [4.78, 5) is 10.4. The van der Waals surface area contributed by atoms with Gasteiger partial charge < -0.3 is 0 Å². The second-order valence-corrected chi connectivity index (χ2v) is 3.12. The summed E-state index contributed by atoms with van der Waals surface area (Å²) in [6.45, 7) is 2.62. The number of nitrogens with zero attached hydrogens (tertiary/aromatic N) is 2. The Balaban J connectivity index is 2.79. The number of nitroso groups, excluding NO2 is 1. The number of hydrogen-bond donors (Lipinski definition) is 0. The van der Waals surface area contributed by atoms with Gasteiger partial charge in [0.1, 0.15) is 0 Å². The zero-order chi connectivity index (χ0) is 9.68. The van der Waals surface area contributed by atoms with Crippen LogP contribution in [0.15, 0.2) is 29.6 Å². The molecule has 1 rings (SSSR count). The smallest absolute Gasteiger partial charge is 0.0627 e. The van der Waals surface area contributed by atoms with E-state index in [0.29, 0.717) is 11.6 Å². The van der Waals surface area contributed by atoms with E-state index in [4.69, 9.17) is 11.6 Å². The average molecular weight is 199 g/mol. The minimum Gasteiger partial charge on any atom is -0.229 e. The second kappa shape index (κ2) is 4.82. The highest BCUT2D eigenvalue weighted by atomic mass is 35.5. The zero-order valence-electron chi connectivity index (χ0n) is 7.40. The molecule has 1 aromatic carbocycles. The van der Waals surface area contributed by atoms with Crippen LogP contribution in [0.4, 0.5) is 5.69 Å². The molecule has 0 N–H and O–H groups in total. The van der Waals surface area contributed by atoms with Crippen molar-refractivity contribution >= 4 is 17.3 Å². The van der Waals surface area contributed by atoms with Gasteiger partial charge in [0.15, 0.2) is 0 Å². The molecule has 0 aliphatic heterocycles. The van der Waals surface area contributed by atoms with Crippen LogP contribution in [-0.2, 0) is 0 Å². The van der Waals surface area contributed by atoms with E-state index in [2.05, 4.69) is 5.29 Å². The Morgan fingerprint density at radius 1 is 1.38 bits per heavy atom. The second-order valence-electron chi connectivity index (χ2n) is 2.68. The van der Waals surface area contributed by atoms with Crippen molar-refractivity contribution < 1.29 is 0 Å². The first kappa shape index (κ1) is 9.99. The maximum atomic E-state index is 10.4. The van der Waals surface area contributed by atoms with E-state index >= 15 is 0 Å². The van der Waals surface area contributed by atoms with Crippen molar-refractivity contribution in [2.45, 2.75) is 13.3 Å². The fourth-order valence-electron chi connectivity index (χ4n) is 1.04. The van der Waals surface area contributed by atoms with Crippen LogP contribution in [0.5, 0.6) is 0 Å². The lowest BCUT2D eigenvalue weighted by Crippen LogP contribution is -2.15. The molecule has 0 saturated carbocycles.